The first-order chi connectivity index (χ1) is 9.31. The van der Waals surface area contributed by atoms with E-state index in [2.05, 4.69) is 4.74 Å². The lowest BCUT2D eigenvalue weighted by Gasteiger charge is -2.13. The quantitative estimate of drug-likeness (QED) is 0.819. The fourth-order valence-electron chi connectivity index (χ4n) is 1.59. The van der Waals surface area contributed by atoms with Crippen molar-refractivity contribution in [3.05, 3.63) is 29.8 Å². The Morgan fingerprint density at radius 1 is 1.30 bits per heavy atom. The Balaban J connectivity index is 2.53. The topological polar surface area (TPSA) is 61.5 Å². The maximum absolute atomic E-state index is 12.0. The first kappa shape index (κ1) is 16.3. The maximum atomic E-state index is 12.0. The zero-order valence-corrected chi connectivity index (χ0v) is 10.9. The first-order valence-corrected chi connectivity index (χ1v) is 6.08. The summed E-state index contributed by atoms with van der Waals surface area (Å²) in [5, 5.41) is 0. The van der Waals surface area contributed by atoms with Crippen LogP contribution in [0.1, 0.15) is 31.4 Å². The van der Waals surface area contributed by atoms with Gasteiger partial charge in [-0.15, -0.1) is 13.2 Å². The van der Waals surface area contributed by atoms with Crippen LogP contribution in [0, 0.1) is 0 Å². The average molecular weight is 291 g/mol. The third kappa shape index (κ3) is 5.92. The van der Waals surface area contributed by atoms with E-state index in [0.717, 1.165) is 0 Å². The van der Waals surface area contributed by atoms with Gasteiger partial charge < -0.3 is 15.2 Å². The number of alkyl halides is 3. The number of hydrogen-bond donors (Lipinski definition) is 1. The first-order valence-electron chi connectivity index (χ1n) is 6.08. The number of ether oxygens (including phenoxy) is 2. The average Bonchev–Trinajstić information content (AvgIpc) is 2.35. The molecule has 7 heteroatoms. The standard InChI is InChI=1S/C13H16F3NO3/c1-2-19-12(18)8-7-11(17)9-3-5-10(6-4-9)20-13(14,15)16/h3-6,11H,2,7-8,17H2,1H3. The van der Waals surface area contributed by atoms with Crippen LogP contribution >= 0.6 is 0 Å². The molecule has 0 saturated carbocycles. The number of esters is 1. The molecule has 0 aliphatic carbocycles. The molecular weight excluding hydrogens is 275 g/mol. The summed E-state index contributed by atoms with van der Waals surface area (Å²) in [5.74, 6) is -0.654. The summed E-state index contributed by atoms with van der Waals surface area (Å²) in [7, 11) is 0. The molecule has 0 amide bonds. The molecule has 0 fully saturated rings. The molecule has 1 unspecified atom stereocenters. The van der Waals surface area contributed by atoms with Crippen LogP contribution in [0.5, 0.6) is 5.75 Å². The Kier molecular flexibility index (Phi) is 5.82. The predicted molar refractivity (Wildman–Crippen MR) is 65.9 cm³/mol. The van der Waals surface area contributed by atoms with Gasteiger partial charge in [-0.3, -0.25) is 4.79 Å². The molecule has 0 aliphatic rings. The molecule has 0 radical (unpaired) electrons. The molecule has 20 heavy (non-hydrogen) atoms. The van der Waals surface area contributed by atoms with Gasteiger partial charge in [-0.1, -0.05) is 12.1 Å². The minimum atomic E-state index is -4.71. The van der Waals surface area contributed by atoms with Gasteiger partial charge in [0.2, 0.25) is 0 Å². The molecule has 1 aromatic carbocycles. The van der Waals surface area contributed by atoms with Crippen LogP contribution in [0.15, 0.2) is 24.3 Å². The van der Waals surface area contributed by atoms with Crippen molar-refractivity contribution in [2.24, 2.45) is 5.73 Å². The van der Waals surface area contributed by atoms with E-state index in [9.17, 15) is 18.0 Å². The van der Waals surface area contributed by atoms with Crippen molar-refractivity contribution in [3.63, 3.8) is 0 Å². The van der Waals surface area contributed by atoms with Gasteiger partial charge in [0, 0.05) is 12.5 Å². The third-order valence-electron chi connectivity index (χ3n) is 2.51. The van der Waals surface area contributed by atoms with Crippen molar-refractivity contribution >= 4 is 5.97 Å². The fourth-order valence-corrected chi connectivity index (χ4v) is 1.59. The molecule has 1 atom stereocenters. The number of nitrogens with two attached hydrogens (primary N) is 1. The summed E-state index contributed by atoms with van der Waals surface area (Å²) in [6.07, 6.45) is -4.19. The number of carbonyl (C=O) groups excluding carboxylic acids is 1. The van der Waals surface area contributed by atoms with Crippen LogP contribution in [0.3, 0.4) is 0 Å². The number of carbonyl (C=O) groups is 1. The minimum Gasteiger partial charge on any atom is -0.466 e. The molecular formula is C13H16F3NO3. The summed E-state index contributed by atoms with van der Waals surface area (Å²) in [6.45, 7) is 2.01. The number of rotatable bonds is 6. The Morgan fingerprint density at radius 2 is 1.90 bits per heavy atom. The largest absolute Gasteiger partial charge is 0.573 e. The van der Waals surface area contributed by atoms with Crippen LogP contribution in [-0.2, 0) is 9.53 Å². The molecule has 0 spiro atoms. The summed E-state index contributed by atoms with van der Waals surface area (Å²) < 4.78 is 44.5. The van der Waals surface area contributed by atoms with Crippen LogP contribution < -0.4 is 10.5 Å². The third-order valence-corrected chi connectivity index (χ3v) is 2.51. The molecule has 1 aromatic rings. The van der Waals surface area contributed by atoms with Gasteiger partial charge in [-0.05, 0) is 31.0 Å². The van der Waals surface area contributed by atoms with Crippen LogP contribution in [-0.4, -0.2) is 18.9 Å². The number of halogens is 3. The second-order valence-corrected chi connectivity index (χ2v) is 4.07. The van der Waals surface area contributed by atoms with Gasteiger partial charge in [0.05, 0.1) is 6.61 Å². The molecule has 0 bridgehead atoms. The summed E-state index contributed by atoms with van der Waals surface area (Å²) in [5.41, 5.74) is 6.47. The van der Waals surface area contributed by atoms with Crippen LogP contribution in [0.2, 0.25) is 0 Å². The smallest absolute Gasteiger partial charge is 0.466 e. The lowest BCUT2D eigenvalue weighted by atomic mass is 10.0. The molecule has 0 heterocycles. The maximum Gasteiger partial charge on any atom is 0.573 e. The lowest BCUT2D eigenvalue weighted by molar-refractivity contribution is -0.274. The molecule has 112 valence electrons. The van der Waals surface area contributed by atoms with Crippen molar-refractivity contribution in [1.29, 1.82) is 0 Å². The van der Waals surface area contributed by atoms with E-state index >= 15 is 0 Å². The number of hydrogen-bond acceptors (Lipinski definition) is 4. The predicted octanol–water partition coefficient (Wildman–Crippen LogP) is 2.93. The Bertz CT molecular complexity index is 431. The highest BCUT2D eigenvalue weighted by molar-refractivity contribution is 5.69. The van der Waals surface area contributed by atoms with Gasteiger partial charge in [0.15, 0.2) is 0 Å². The van der Waals surface area contributed by atoms with Crippen LogP contribution in [0.25, 0.3) is 0 Å². The Hall–Kier alpha value is -1.76. The number of benzene rings is 1. The highest BCUT2D eigenvalue weighted by Crippen LogP contribution is 2.25. The van der Waals surface area contributed by atoms with E-state index in [1.807, 2.05) is 0 Å². The molecule has 0 aliphatic heterocycles. The monoisotopic (exact) mass is 291 g/mol. The zero-order chi connectivity index (χ0) is 15.2. The Labute approximate surface area is 114 Å². The van der Waals surface area contributed by atoms with Gasteiger partial charge in [-0.2, -0.15) is 0 Å². The SMILES string of the molecule is CCOC(=O)CCC(N)c1ccc(OC(F)(F)F)cc1. The van der Waals surface area contributed by atoms with Crippen LogP contribution in [0.4, 0.5) is 13.2 Å². The van der Waals surface area contributed by atoms with Gasteiger partial charge >= 0.3 is 12.3 Å². The lowest BCUT2D eigenvalue weighted by Crippen LogP contribution is -2.17. The second-order valence-electron chi connectivity index (χ2n) is 4.07. The van der Waals surface area contributed by atoms with Gasteiger partial charge in [0.25, 0.3) is 0 Å². The fraction of sp³-hybridized carbons (Fsp3) is 0.462. The minimum absolute atomic E-state index is 0.163. The normalized spacial score (nSPS) is 12.8. The summed E-state index contributed by atoms with van der Waals surface area (Å²) >= 11 is 0. The zero-order valence-electron chi connectivity index (χ0n) is 10.9. The van der Waals surface area contributed by atoms with Crippen molar-refractivity contribution in [2.75, 3.05) is 6.61 Å². The second kappa shape index (κ2) is 7.14. The van der Waals surface area contributed by atoms with Crippen molar-refractivity contribution < 1.29 is 27.4 Å². The molecule has 2 N–H and O–H groups in total. The highest BCUT2D eigenvalue weighted by Gasteiger charge is 2.31. The molecule has 1 rings (SSSR count). The highest BCUT2D eigenvalue weighted by atomic mass is 19.4. The van der Waals surface area contributed by atoms with E-state index in [-0.39, 0.29) is 18.1 Å². The van der Waals surface area contributed by atoms with E-state index in [1.54, 1.807) is 6.92 Å². The Morgan fingerprint density at radius 3 is 2.40 bits per heavy atom. The molecule has 0 saturated heterocycles. The van der Waals surface area contributed by atoms with Gasteiger partial charge in [0.1, 0.15) is 5.75 Å². The molecule has 0 aromatic heterocycles. The molecule has 4 nitrogen and oxygen atoms in total. The van der Waals surface area contributed by atoms with E-state index < -0.39 is 12.4 Å². The summed E-state index contributed by atoms with van der Waals surface area (Å²) in [6, 6.07) is 4.81. The van der Waals surface area contributed by atoms with Crippen molar-refractivity contribution in [2.45, 2.75) is 32.2 Å². The van der Waals surface area contributed by atoms with Crippen molar-refractivity contribution in [1.82, 2.24) is 0 Å². The van der Waals surface area contributed by atoms with Gasteiger partial charge in [-0.25, -0.2) is 0 Å². The summed E-state index contributed by atoms with van der Waals surface area (Å²) in [4.78, 5) is 11.2. The van der Waals surface area contributed by atoms with E-state index in [4.69, 9.17) is 10.5 Å². The van der Waals surface area contributed by atoms with E-state index in [0.29, 0.717) is 18.6 Å². The van der Waals surface area contributed by atoms with E-state index in [1.165, 1.54) is 24.3 Å². The van der Waals surface area contributed by atoms with Crippen molar-refractivity contribution in [3.8, 4) is 5.75 Å².